The Morgan fingerprint density at radius 3 is 2.07 bits per heavy atom. The summed E-state index contributed by atoms with van der Waals surface area (Å²) in [5.41, 5.74) is 11.1. The smallest absolute Gasteiger partial charge is 0.0774 e. The number of imidazole rings is 1. The van der Waals surface area contributed by atoms with Crippen LogP contribution in [0.15, 0.2) is 84.9 Å². The van der Waals surface area contributed by atoms with Gasteiger partial charge in [-0.1, -0.05) is 117 Å². The number of aromatic nitrogens is 2. The van der Waals surface area contributed by atoms with Gasteiger partial charge in [0.05, 0.1) is 16.9 Å². The molecule has 0 unspecified atom stereocenters. The van der Waals surface area contributed by atoms with Crippen molar-refractivity contribution in [1.29, 1.82) is 0 Å². The van der Waals surface area contributed by atoms with Gasteiger partial charge in [0.25, 0.3) is 0 Å². The molecular weight excluding hydrogens is 697 g/mol. The molecule has 6 aromatic rings. The van der Waals surface area contributed by atoms with Crippen LogP contribution in [0.5, 0.6) is 0 Å². The average Bonchev–Trinajstić information content (AvgIpc) is 3.53. The fraction of sp³-hybridized carbons (Fsp3) is 0.270. The summed E-state index contributed by atoms with van der Waals surface area (Å²) >= 11 is 1.69. The molecule has 0 bridgehead atoms. The summed E-state index contributed by atoms with van der Waals surface area (Å²) in [4.78, 5) is 5.29. The molecule has 0 saturated carbocycles. The quantitative estimate of drug-likeness (QED) is 0.149. The molecule has 1 radical (unpaired) electrons. The number of para-hydroxylation sites is 2. The molecule has 0 saturated heterocycles. The Morgan fingerprint density at radius 1 is 0.756 bits per heavy atom. The number of rotatable bonds is 7. The molecule has 0 aliphatic heterocycles. The number of benzene rings is 4. The van der Waals surface area contributed by atoms with E-state index in [2.05, 4.69) is 136 Å². The van der Waals surface area contributed by atoms with Gasteiger partial charge in [0.1, 0.15) is 0 Å². The van der Waals surface area contributed by atoms with Crippen LogP contribution in [0.2, 0.25) is 0 Å². The zero-order valence-corrected chi connectivity index (χ0v) is 27.9. The van der Waals surface area contributed by atoms with Crippen molar-refractivity contribution in [2.75, 3.05) is 0 Å². The van der Waals surface area contributed by atoms with E-state index in [1.165, 1.54) is 43.6 Å². The number of hydrogen-bond donors (Lipinski definition) is 0. The summed E-state index contributed by atoms with van der Waals surface area (Å²) in [6.45, 7) is 13.8. The molecule has 2 aromatic heterocycles. The van der Waals surface area contributed by atoms with Crippen molar-refractivity contribution in [2.24, 2.45) is 5.92 Å². The second-order valence-corrected chi connectivity index (χ2v) is 12.8. The first-order chi connectivity index (χ1) is 19.3. The molecular formula is C37H37IrN2S-. The molecule has 211 valence electrons. The van der Waals surface area contributed by atoms with E-state index >= 15 is 0 Å². The van der Waals surface area contributed by atoms with Gasteiger partial charge in [-0.25, -0.2) is 0 Å². The van der Waals surface area contributed by atoms with Crippen molar-refractivity contribution in [1.82, 2.24) is 9.55 Å². The SMILES string of the molecule is CC(C)Cc1ccc2s[c-]c(-c3nc4ccccc4n3-c3c(C(C)C)cc(-c4ccccc4)cc3C(C)C)c2c1.[Ir]. The summed E-state index contributed by atoms with van der Waals surface area (Å²) < 4.78 is 3.69. The van der Waals surface area contributed by atoms with Gasteiger partial charge < -0.3 is 4.57 Å². The maximum absolute atomic E-state index is 5.29. The van der Waals surface area contributed by atoms with Crippen LogP contribution in [0.4, 0.5) is 0 Å². The third kappa shape index (κ3) is 5.58. The van der Waals surface area contributed by atoms with Gasteiger partial charge in [-0.05, 0) is 70.7 Å². The summed E-state index contributed by atoms with van der Waals surface area (Å²) in [5.74, 6) is 2.26. The number of nitrogens with zero attached hydrogens (tertiary/aromatic N) is 2. The molecule has 0 aliphatic rings. The third-order valence-corrected chi connectivity index (χ3v) is 8.63. The standard InChI is InChI=1S/C37H37N2S.Ir/c1-23(2)18-26-16-17-35-31(19-26)32(22-40-35)37-38-33-14-10-11-15-34(33)39(37)36-29(24(3)4)20-28(21-30(36)25(5)6)27-12-8-7-9-13-27;/h7-17,19-21,23-25H,18H2,1-6H3;/q-1;. The van der Waals surface area contributed by atoms with Gasteiger partial charge in [-0.3, -0.25) is 16.3 Å². The molecule has 41 heavy (non-hydrogen) atoms. The van der Waals surface area contributed by atoms with E-state index in [4.69, 9.17) is 4.98 Å². The monoisotopic (exact) mass is 734 g/mol. The van der Waals surface area contributed by atoms with Gasteiger partial charge in [0, 0.05) is 25.8 Å². The Kier molecular flexibility index (Phi) is 8.66. The van der Waals surface area contributed by atoms with Crippen LogP contribution in [0.3, 0.4) is 0 Å². The normalized spacial score (nSPS) is 11.7. The Balaban J connectivity index is 0.00000337. The molecule has 2 heterocycles. The van der Waals surface area contributed by atoms with Gasteiger partial charge in [-0.15, -0.1) is 11.5 Å². The zero-order chi connectivity index (χ0) is 28.0. The van der Waals surface area contributed by atoms with Gasteiger partial charge in [-0.2, -0.15) is 0 Å². The molecule has 4 aromatic carbocycles. The van der Waals surface area contributed by atoms with Gasteiger partial charge in [0.2, 0.25) is 0 Å². The van der Waals surface area contributed by atoms with Crippen LogP contribution in [0, 0.1) is 11.3 Å². The zero-order valence-electron chi connectivity index (χ0n) is 24.7. The van der Waals surface area contributed by atoms with Crippen molar-refractivity contribution in [3.63, 3.8) is 0 Å². The summed E-state index contributed by atoms with van der Waals surface area (Å²) in [7, 11) is 0. The van der Waals surface area contributed by atoms with Crippen LogP contribution in [0.25, 0.3) is 49.3 Å². The molecule has 6 rings (SSSR count). The number of thiophene rings is 1. The van der Waals surface area contributed by atoms with Crippen molar-refractivity contribution in [3.05, 3.63) is 107 Å². The van der Waals surface area contributed by atoms with Crippen molar-refractivity contribution in [3.8, 4) is 28.2 Å². The second kappa shape index (κ2) is 12.1. The molecule has 0 spiro atoms. The molecule has 0 N–H and O–H groups in total. The van der Waals surface area contributed by atoms with E-state index in [0.717, 1.165) is 28.8 Å². The topological polar surface area (TPSA) is 17.8 Å². The van der Waals surface area contributed by atoms with E-state index in [-0.39, 0.29) is 20.1 Å². The minimum atomic E-state index is 0. The summed E-state index contributed by atoms with van der Waals surface area (Å²) in [6.07, 6.45) is 1.07. The summed E-state index contributed by atoms with van der Waals surface area (Å²) in [5, 5.41) is 4.92. The Hall–Kier alpha value is -3.04. The Labute approximate surface area is 261 Å². The minimum Gasteiger partial charge on any atom is -0.333 e. The molecule has 0 aliphatic carbocycles. The van der Waals surface area contributed by atoms with Crippen LogP contribution in [-0.4, -0.2) is 9.55 Å². The number of hydrogen-bond acceptors (Lipinski definition) is 2. The van der Waals surface area contributed by atoms with Crippen LogP contribution < -0.4 is 0 Å². The van der Waals surface area contributed by atoms with Crippen LogP contribution >= 0.6 is 11.3 Å². The maximum atomic E-state index is 5.29. The van der Waals surface area contributed by atoms with E-state index in [9.17, 15) is 0 Å². The molecule has 0 atom stereocenters. The van der Waals surface area contributed by atoms with Crippen LogP contribution in [0.1, 0.15) is 70.1 Å². The van der Waals surface area contributed by atoms with Gasteiger partial charge >= 0.3 is 0 Å². The Morgan fingerprint density at radius 2 is 1.41 bits per heavy atom. The van der Waals surface area contributed by atoms with E-state index in [0.29, 0.717) is 17.8 Å². The van der Waals surface area contributed by atoms with Crippen molar-refractivity contribution in [2.45, 2.75) is 59.8 Å². The fourth-order valence-corrected chi connectivity index (χ4v) is 6.64. The van der Waals surface area contributed by atoms with E-state index in [1.807, 2.05) is 0 Å². The van der Waals surface area contributed by atoms with E-state index in [1.54, 1.807) is 11.3 Å². The third-order valence-electron chi connectivity index (χ3n) is 7.75. The largest absolute Gasteiger partial charge is 0.333 e. The first-order valence-corrected chi connectivity index (χ1v) is 15.3. The van der Waals surface area contributed by atoms with Crippen molar-refractivity contribution >= 4 is 32.5 Å². The summed E-state index contributed by atoms with van der Waals surface area (Å²) in [6, 6.07) is 31.0. The first kappa shape index (κ1) is 29.5. The predicted molar refractivity (Wildman–Crippen MR) is 173 cm³/mol. The van der Waals surface area contributed by atoms with Crippen molar-refractivity contribution < 1.29 is 20.1 Å². The minimum absolute atomic E-state index is 0. The maximum Gasteiger partial charge on any atom is 0.0774 e. The molecule has 4 heteroatoms. The number of fused-ring (bicyclic) bond motifs is 2. The molecule has 0 fully saturated rings. The molecule has 0 amide bonds. The fourth-order valence-electron chi connectivity index (χ4n) is 5.82. The molecule has 2 nitrogen and oxygen atoms in total. The second-order valence-electron chi connectivity index (χ2n) is 11.9. The van der Waals surface area contributed by atoms with Crippen LogP contribution in [-0.2, 0) is 26.5 Å². The first-order valence-electron chi connectivity index (χ1n) is 14.5. The Bertz CT molecular complexity index is 1780. The predicted octanol–water partition coefficient (Wildman–Crippen LogP) is 10.8. The average molecular weight is 734 g/mol. The van der Waals surface area contributed by atoms with E-state index < -0.39 is 0 Å². The van der Waals surface area contributed by atoms with Gasteiger partial charge in [0.15, 0.2) is 0 Å².